The van der Waals surface area contributed by atoms with Gasteiger partial charge in [0.05, 0.1) is 12.3 Å². The molecule has 0 aliphatic rings. The van der Waals surface area contributed by atoms with Gasteiger partial charge < -0.3 is 10.4 Å². The van der Waals surface area contributed by atoms with Crippen LogP contribution in [0.2, 0.25) is 0 Å². The van der Waals surface area contributed by atoms with Crippen LogP contribution in [0, 0.1) is 0 Å². The molecule has 0 aromatic carbocycles. The third kappa shape index (κ3) is 2.82. The second-order valence-electron chi connectivity index (χ2n) is 3.75. The van der Waals surface area contributed by atoms with E-state index >= 15 is 0 Å². The van der Waals surface area contributed by atoms with Crippen molar-refractivity contribution in [1.29, 1.82) is 0 Å². The van der Waals surface area contributed by atoms with Gasteiger partial charge in [0.2, 0.25) is 0 Å². The number of aromatic nitrogens is 2. The topological polar surface area (TPSA) is 67.2 Å². The molecule has 0 saturated heterocycles. The minimum atomic E-state index is -0.238. The standard InChI is InChI=1S/C11H19N3O2/c1-4-9-6-10(14(5-2)13-9)11(16)12-8(3)7-15/h6,8,15H,4-5,7H2,1-3H3,(H,12,16)/t8-/m0/s1. The molecule has 1 rings (SSSR count). The van der Waals surface area contributed by atoms with Crippen LogP contribution in [0.1, 0.15) is 37.0 Å². The number of nitrogens with zero attached hydrogens (tertiary/aromatic N) is 2. The zero-order valence-electron chi connectivity index (χ0n) is 10.0. The first kappa shape index (κ1) is 12.7. The number of carbonyl (C=O) groups excluding carboxylic acids is 1. The third-order valence-electron chi connectivity index (χ3n) is 2.38. The Morgan fingerprint density at radius 1 is 1.62 bits per heavy atom. The Bertz CT molecular complexity index is 360. The van der Waals surface area contributed by atoms with Crippen molar-refractivity contribution in [1.82, 2.24) is 15.1 Å². The molecule has 0 aliphatic heterocycles. The lowest BCUT2D eigenvalue weighted by molar-refractivity contribution is 0.0911. The van der Waals surface area contributed by atoms with Crippen molar-refractivity contribution >= 4 is 5.91 Å². The van der Waals surface area contributed by atoms with Crippen LogP contribution in [-0.2, 0) is 13.0 Å². The van der Waals surface area contributed by atoms with Gasteiger partial charge >= 0.3 is 0 Å². The van der Waals surface area contributed by atoms with Gasteiger partial charge in [0.15, 0.2) is 0 Å². The molecule has 0 unspecified atom stereocenters. The minimum Gasteiger partial charge on any atom is -0.394 e. The van der Waals surface area contributed by atoms with Crippen LogP contribution < -0.4 is 5.32 Å². The van der Waals surface area contributed by atoms with E-state index in [9.17, 15) is 4.79 Å². The molecule has 90 valence electrons. The number of hydrogen-bond acceptors (Lipinski definition) is 3. The Kier molecular flexibility index (Phi) is 4.49. The summed E-state index contributed by atoms with van der Waals surface area (Å²) in [5.74, 6) is -0.185. The third-order valence-corrected chi connectivity index (χ3v) is 2.38. The molecule has 0 radical (unpaired) electrons. The zero-order valence-corrected chi connectivity index (χ0v) is 10.0. The van der Waals surface area contributed by atoms with Crippen LogP contribution in [0.25, 0.3) is 0 Å². The van der Waals surface area contributed by atoms with Gasteiger partial charge in [-0.05, 0) is 26.3 Å². The van der Waals surface area contributed by atoms with E-state index in [-0.39, 0.29) is 18.6 Å². The molecule has 0 bridgehead atoms. The summed E-state index contributed by atoms with van der Waals surface area (Å²) in [5.41, 5.74) is 1.46. The molecule has 0 fully saturated rings. The van der Waals surface area contributed by atoms with Crippen LogP contribution in [0.15, 0.2) is 6.07 Å². The van der Waals surface area contributed by atoms with E-state index in [0.29, 0.717) is 12.2 Å². The van der Waals surface area contributed by atoms with E-state index in [1.165, 1.54) is 0 Å². The fourth-order valence-electron chi connectivity index (χ4n) is 1.41. The maximum Gasteiger partial charge on any atom is 0.269 e. The van der Waals surface area contributed by atoms with Gasteiger partial charge in [0, 0.05) is 12.6 Å². The summed E-state index contributed by atoms with van der Waals surface area (Å²) in [6.07, 6.45) is 0.808. The smallest absolute Gasteiger partial charge is 0.269 e. The summed E-state index contributed by atoms with van der Waals surface area (Å²) in [6, 6.07) is 1.56. The van der Waals surface area contributed by atoms with Crippen molar-refractivity contribution in [2.45, 2.75) is 39.8 Å². The second-order valence-corrected chi connectivity index (χ2v) is 3.75. The monoisotopic (exact) mass is 225 g/mol. The molecule has 1 atom stereocenters. The maximum atomic E-state index is 11.8. The highest BCUT2D eigenvalue weighted by atomic mass is 16.3. The molecule has 5 nitrogen and oxygen atoms in total. The van der Waals surface area contributed by atoms with Gasteiger partial charge in [-0.2, -0.15) is 5.10 Å². The van der Waals surface area contributed by atoms with Crippen molar-refractivity contribution in [2.24, 2.45) is 0 Å². The maximum absolute atomic E-state index is 11.8. The lowest BCUT2D eigenvalue weighted by atomic mass is 10.2. The predicted molar refractivity (Wildman–Crippen MR) is 61.3 cm³/mol. The summed E-state index contributed by atoms with van der Waals surface area (Å²) in [6.45, 7) is 6.30. The molecule has 1 heterocycles. The molecule has 2 N–H and O–H groups in total. The van der Waals surface area contributed by atoms with Crippen molar-refractivity contribution in [2.75, 3.05) is 6.61 Å². The fourth-order valence-corrected chi connectivity index (χ4v) is 1.41. The largest absolute Gasteiger partial charge is 0.394 e. The summed E-state index contributed by atoms with van der Waals surface area (Å²) >= 11 is 0. The molecule has 1 aromatic heterocycles. The summed E-state index contributed by atoms with van der Waals surface area (Å²) < 4.78 is 1.68. The number of amides is 1. The quantitative estimate of drug-likeness (QED) is 0.770. The molecule has 1 aromatic rings. The van der Waals surface area contributed by atoms with Crippen LogP contribution >= 0.6 is 0 Å². The van der Waals surface area contributed by atoms with Crippen LogP contribution in [0.4, 0.5) is 0 Å². The number of aliphatic hydroxyl groups is 1. The summed E-state index contributed by atoms with van der Waals surface area (Å²) in [7, 11) is 0. The first-order chi connectivity index (χ1) is 7.62. The van der Waals surface area contributed by atoms with E-state index in [2.05, 4.69) is 10.4 Å². The number of aliphatic hydroxyl groups excluding tert-OH is 1. The molecular formula is C11H19N3O2. The predicted octanol–water partition coefficient (Wildman–Crippen LogP) is 0.576. The van der Waals surface area contributed by atoms with Crippen molar-refractivity contribution in [3.05, 3.63) is 17.5 Å². The highest BCUT2D eigenvalue weighted by molar-refractivity contribution is 5.92. The van der Waals surface area contributed by atoms with Gasteiger partial charge in [-0.3, -0.25) is 9.48 Å². The fraction of sp³-hybridized carbons (Fsp3) is 0.636. The normalized spacial score (nSPS) is 12.5. The number of hydrogen-bond donors (Lipinski definition) is 2. The average Bonchev–Trinajstić information content (AvgIpc) is 2.71. The second kappa shape index (κ2) is 5.65. The van der Waals surface area contributed by atoms with Crippen LogP contribution in [0.5, 0.6) is 0 Å². The SMILES string of the molecule is CCc1cc(C(=O)N[C@@H](C)CO)n(CC)n1. The lowest BCUT2D eigenvalue weighted by Gasteiger charge is -2.11. The molecule has 16 heavy (non-hydrogen) atoms. The summed E-state index contributed by atoms with van der Waals surface area (Å²) in [5, 5.41) is 15.9. The van der Waals surface area contributed by atoms with Gasteiger partial charge in [0.25, 0.3) is 5.91 Å². The first-order valence-electron chi connectivity index (χ1n) is 5.60. The van der Waals surface area contributed by atoms with Gasteiger partial charge in [-0.15, -0.1) is 0 Å². The van der Waals surface area contributed by atoms with Crippen molar-refractivity contribution < 1.29 is 9.90 Å². The molecule has 1 amide bonds. The van der Waals surface area contributed by atoms with Crippen molar-refractivity contribution in [3.8, 4) is 0 Å². The van der Waals surface area contributed by atoms with Gasteiger partial charge in [0.1, 0.15) is 5.69 Å². The van der Waals surface area contributed by atoms with Gasteiger partial charge in [-0.25, -0.2) is 0 Å². The van der Waals surface area contributed by atoms with Crippen molar-refractivity contribution in [3.63, 3.8) is 0 Å². The highest BCUT2D eigenvalue weighted by Gasteiger charge is 2.15. The average molecular weight is 225 g/mol. The Labute approximate surface area is 95.5 Å². The lowest BCUT2D eigenvalue weighted by Crippen LogP contribution is -2.36. The molecule has 0 aliphatic carbocycles. The van der Waals surface area contributed by atoms with E-state index in [1.54, 1.807) is 17.7 Å². The van der Waals surface area contributed by atoms with E-state index in [1.807, 2.05) is 13.8 Å². The number of aryl methyl sites for hydroxylation is 2. The number of nitrogens with one attached hydrogen (secondary N) is 1. The Hall–Kier alpha value is -1.36. The molecule has 0 saturated carbocycles. The van der Waals surface area contributed by atoms with Gasteiger partial charge in [-0.1, -0.05) is 6.92 Å². The van der Waals surface area contributed by atoms with E-state index in [0.717, 1.165) is 12.1 Å². The molecular weight excluding hydrogens is 206 g/mol. The van der Waals surface area contributed by atoms with Crippen LogP contribution in [-0.4, -0.2) is 33.4 Å². The number of rotatable bonds is 5. The molecule has 0 spiro atoms. The van der Waals surface area contributed by atoms with E-state index in [4.69, 9.17) is 5.11 Å². The highest BCUT2D eigenvalue weighted by Crippen LogP contribution is 2.05. The van der Waals surface area contributed by atoms with E-state index < -0.39 is 0 Å². The zero-order chi connectivity index (χ0) is 12.1. The minimum absolute atomic E-state index is 0.0629. The Morgan fingerprint density at radius 2 is 2.31 bits per heavy atom. The Morgan fingerprint density at radius 3 is 2.81 bits per heavy atom. The number of carbonyl (C=O) groups is 1. The Balaban J connectivity index is 2.85. The first-order valence-corrected chi connectivity index (χ1v) is 5.60. The summed E-state index contributed by atoms with van der Waals surface area (Å²) in [4.78, 5) is 11.8. The van der Waals surface area contributed by atoms with Crippen LogP contribution in [0.3, 0.4) is 0 Å². The molecule has 5 heteroatoms.